The Morgan fingerprint density at radius 2 is 0.906 bits per heavy atom. The SMILES string of the molecule is O=C(Nc1ccc(Cl)cc1)Nc1cc2ccccc2cc1NC(=O)Nc1ccc(Cl)cc1. The van der Waals surface area contributed by atoms with Crippen molar-refractivity contribution in [1.82, 2.24) is 0 Å². The lowest BCUT2D eigenvalue weighted by Gasteiger charge is -2.15. The average Bonchev–Trinajstić information content (AvgIpc) is 2.77. The highest BCUT2D eigenvalue weighted by Crippen LogP contribution is 2.29. The third-order valence-corrected chi connectivity index (χ3v) is 5.09. The predicted molar refractivity (Wildman–Crippen MR) is 132 cm³/mol. The van der Waals surface area contributed by atoms with Gasteiger partial charge < -0.3 is 21.3 Å². The van der Waals surface area contributed by atoms with Gasteiger partial charge in [0.2, 0.25) is 0 Å². The van der Waals surface area contributed by atoms with Crippen molar-refractivity contribution < 1.29 is 9.59 Å². The number of hydrogen-bond acceptors (Lipinski definition) is 2. The van der Waals surface area contributed by atoms with Gasteiger partial charge in [0, 0.05) is 21.4 Å². The molecular formula is C24H18Cl2N4O2. The Labute approximate surface area is 194 Å². The van der Waals surface area contributed by atoms with Crippen LogP contribution >= 0.6 is 23.2 Å². The molecule has 0 heterocycles. The quantitative estimate of drug-likeness (QED) is 0.253. The van der Waals surface area contributed by atoms with Gasteiger partial charge in [-0.25, -0.2) is 9.59 Å². The lowest BCUT2D eigenvalue weighted by Crippen LogP contribution is -2.23. The third kappa shape index (κ3) is 5.49. The molecule has 4 aromatic rings. The summed E-state index contributed by atoms with van der Waals surface area (Å²) in [5.41, 5.74) is 2.06. The highest BCUT2D eigenvalue weighted by Gasteiger charge is 2.12. The van der Waals surface area contributed by atoms with Crippen LogP contribution < -0.4 is 21.3 Å². The van der Waals surface area contributed by atoms with Crippen molar-refractivity contribution in [3.05, 3.63) is 95.0 Å². The van der Waals surface area contributed by atoms with Gasteiger partial charge in [0.25, 0.3) is 0 Å². The van der Waals surface area contributed by atoms with Crippen LogP contribution in [0.15, 0.2) is 84.9 Å². The summed E-state index contributed by atoms with van der Waals surface area (Å²) in [6.45, 7) is 0. The Morgan fingerprint density at radius 1 is 0.531 bits per heavy atom. The number of benzene rings is 4. The second-order valence-corrected chi connectivity index (χ2v) is 7.79. The van der Waals surface area contributed by atoms with E-state index >= 15 is 0 Å². The number of fused-ring (bicyclic) bond motifs is 1. The van der Waals surface area contributed by atoms with Gasteiger partial charge in [0.15, 0.2) is 0 Å². The molecule has 160 valence electrons. The van der Waals surface area contributed by atoms with Crippen molar-refractivity contribution in [2.45, 2.75) is 0 Å². The molecular weight excluding hydrogens is 447 g/mol. The Bertz CT molecular complexity index is 1180. The number of anilines is 4. The normalized spacial score (nSPS) is 10.4. The molecule has 0 spiro atoms. The minimum atomic E-state index is -0.455. The van der Waals surface area contributed by atoms with Crippen LogP contribution in [0, 0.1) is 0 Å². The molecule has 4 N–H and O–H groups in total. The fourth-order valence-electron chi connectivity index (χ4n) is 3.08. The maximum atomic E-state index is 12.6. The summed E-state index contributed by atoms with van der Waals surface area (Å²) in [6.07, 6.45) is 0. The minimum absolute atomic E-state index is 0.446. The number of rotatable bonds is 4. The highest BCUT2D eigenvalue weighted by molar-refractivity contribution is 6.31. The van der Waals surface area contributed by atoms with Gasteiger partial charge in [-0.1, -0.05) is 47.5 Å². The molecule has 0 aliphatic carbocycles. The monoisotopic (exact) mass is 464 g/mol. The van der Waals surface area contributed by atoms with Crippen LogP contribution in [-0.2, 0) is 0 Å². The van der Waals surface area contributed by atoms with Gasteiger partial charge in [-0.2, -0.15) is 0 Å². The first kappa shape index (κ1) is 21.5. The van der Waals surface area contributed by atoms with E-state index in [-0.39, 0.29) is 0 Å². The number of carbonyl (C=O) groups is 2. The topological polar surface area (TPSA) is 82.3 Å². The first-order chi connectivity index (χ1) is 15.5. The van der Waals surface area contributed by atoms with E-state index in [1.807, 2.05) is 24.3 Å². The van der Waals surface area contributed by atoms with Gasteiger partial charge in [0.1, 0.15) is 0 Å². The summed E-state index contributed by atoms with van der Waals surface area (Å²) in [5.74, 6) is 0. The van der Waals surface area contributed by atoms with E-state index in [0.29, 0.717) is 32.8 Å². The van der Waals surface area contributed by atoms with E-state index in [4.69, 9.17) is 23.2 Å². The van der Waals surface area contributed by atoms with Crippen LogP contribution in [0.4, 0.5) is 32.3 Å². The predicted octanol–water partition coefficient (Wildman–Crippen LogP) is 7.43. The molecule has 0 atom stereocenters. The van der Waals surface area contributed by atoms with Crippen molar-refractivity contribution in [2.24, 2.45) is 0 Å². The molecule has 0 aliphatic heterocycles. The number of halogens is 2. The van der Waals surface area contributed by atoms with Gasteiger partial charge in [-0.05, 0) is 71.4 Å². The molecule has 0 saturated heterocycles. The van der Waals surface area contributed by atoms with Crippen molar-refractivity contribution in [3.8, 4) is 0 Å². The first-order valence-electron chi connectivity index (χ1n) is 9.66. The zero-order valence-corrected chi connectivity index (χ0v) is 18.2. The van der Waals surface area contributed by atoms with Gasteiger partial charge in [-0.15, -0.1) is 0 Å². The number of urea groups is 2. The van der Waals surface area contributed by atoms with Crippen molar-refractivity contribution in [2.75, 3.05) is 21.3 Å². The molecule has 0 radical (unpaired) electrons. The van der Waals surface area contributed by atoms with E-state index in [0.717, 1.165) is 10.8 Å². The van der Waals surface area contributed by atoms with E-state index in [2.05, 4.69) is 21.3 Å². The highest BCUT2D eigenvalue weighted by atomic mass is 35.5. The molecule has 0 aromatic heterocycles. The van der Waals surface area contributed by atoms with Crippen molar-refractivity contribution in [1.29, 1.82) is 0 Å². The summed E-state index contributed by atoms with van der Waals surface area (Å²) >= 11 is 11.8. The number of amides is 4. The smallest absolute Gasteiger partial charge is 0.308 e. The minimum Gasteiger partial charge on any atom is -0.308 e. The molecule has 6 nitrogen and oxygen atoms in total. The lowest BCUT2D eigenvalue weighted by molar-refractivity contribution is 0.261. The summed E-state index contributed by atoms with van der Waals surface area (Å²) in [6, 6.07) is 23.9. The summed E-state index contributed by atoms with van der Waals surface area (Å²) < 4.78 is 0. The second kappa shape index (κ2) is 9.60. The molecule has 32 heavy (non-hydrogen) atoms. The standard InChI is InChI=1S/C24H18Cl2N4O2/c25-17-5-9-19(10-6-17)27-23(31)29-21-13-15-3-1-2-4-16(15)14-22(21)30-24(32)28-20-11-7-18(26)8-12-20/h1-14H,(H2,27,29,31)(H2,28,30,32). The zero-order chi connectivity index (χ0) is 22.5. The number of hydrogen-bond donors (Lipinski definition) is 4. The average molecular weight is 465 g/mol. The van der Waals surface area contributed by atoms with Crippen LogP contribution in [0.5, 0.6) is 0 Å². The third-order valence-electron chi connectivity index (χ3n) is 4.59. The number of nitrogens with one attached hydrogen (secondary N) is 4. The Hall–Kier alpha value is -3.74. The molecule has 8 heteroatoms. The van der Waals surface area contributed by atoms with Crippen LogP contribution in [0.1, 0.15) is 0 Å². The summed E-state index contributed by atoms with van der Waals surface area (Å²) in [5, 5.41) is 14.1. The van der Waals surface area contributed by atoms with Crippen molar-refractivity contribution in [3.63, 3.8) is 0 Å². The van der Waals surface area contributed by atoms with Gasteiger partial charge in [-0.3, -0.25) is 0 Å². The van der Waals surface area contributed by atoms with Crippen LogP contribution in [0.2, 0.25) is 10.0 Å². The fourth-order valence-corrected chi connectivity index (χ4v) is 3.33. The Kier molecular flexibility index (Phi) is 6.44. The molecule has 0 saturated carbocycles. The molecule has 0 bridgehead atoms. The van der Waals surface area contributed by atoms with Crippen LogP contribution in [-0.4, -0.2) is 12.1 Å². The fraction of sp³-hybridized carbons (Fsp3) is 0. The van der Waals surface area contributed by atoms with E-state index in [1.165, 1.54) is 0 Å². The van der Waals surface area contributed by atoms with Crippen molar-refractivity contribution >= 4 is 68.8 Å². The molecule has 4 rings (SSSR count). The maximum absolute atomic E-state index is 12.6. The lowest BCUT2D eigenvalue weighted by atomic mass is 10.1. The Balaban J connectivity index is 1.55. The molecule has 4 amide bonds. The van der Waals surface area contributed by atoms with E-state index in [1.54, 1.807) is 60.7 Å². The number of carbonyl (C=O) groups excluding carboxylic acids is 2. The molecule has 4 aromatic carbocycles. The molecule has 0 unspecified atom stereocenters. The summed E-state index contributed by atoms with van der Waals surface area (Å²) in [7, 11) is 0. The summed E-state index contributed by atoms with van der Waals surface area (Å²) in [4.78, 5) is 25.1. The largest absolute Gasteiger partial charge is 0.323 e. The molecule has 0 aliphatic rings. The first-order valence-corrected chi connectivity index (χ1v) is 10.4. The van der Waals surface area contributed by atoms with Crippen LogP contribution in [0.25, 0.3) is 10.8 Å². The zero-order valence-electron chi connectivity index (χ0n) is 16.7. The second-order valence-electron chi connectivity index (χ2n) is 6.92. The van der Waals surface area contributed by atoms with Gasteiger partial charge >= 0.3 is 12.1 Å². The maximum Gasteiger partial charge on any atom is 0.323 e. The van der Waals surface area contributed by atoms with E-state index < -0.39 is 12.1 Å². The van der Waals surface area contributed by atoms with E-state index in [9.17, 15) is 9.59 Å². The molecule has 0 fully saturated rings. The Morgan fingerprint density at radius 3 is 1.28 bits per heavy atom. The van der Waals surface area contributed by atoms with Crippen LogP contribution in [0.3, 0.4) is 0 Å². The van der Waals surface area contributed by atoms with Gasteiger partial charge in [0.05, 0.1) is 11.4 Å².